The number of hydrogen-bond acceptors (Lipinski definition) is 6. The van der Waals surface area contributed by atoms with Crippen LogP contribution in [0.5, 0.6) is 11.5 Å². The minimum atomic E-state index is -0.118. The van der Waals surface area contributed by atoms with Gasteiger partial charge in [-0.3, -0.25) is 9.69 Å². The summed E-state index contributed by atoms with van der Waals surface area (Å²) in [6.07, 6.45) is 1.93. The molecule has 0 aliphatic carbocycles. The van der Waals surface area contributed by atoms with Gasteiger partial charge in [0.25, 0.3) is 0 Å². The van der Waals surface area contributed by atoms with Crippen molar-refractivity contribution in [2.24, 2.45) is 5.10 Å². The molecule has 0 bridgehead atoms. The Morgan fingerprint density at radius 2 is 1.93 bits per heavy atom. The van der Waals surface area contributed by atoms with E-state index in [0.29, 0.717) is 12.2 Å². The Bertz CT molecular complexity index is 803. The summed E-state index contributed by atoms with van der Waals surface area (Å²) in [6, 6.07) is 15.3. The number of aromatic hydroxyl groups is 1. The van der Waals surface area contributed by atoms with E-state index in [0.717, 1.165) is 38.3 Å². The van der Waals surface area contributed by atoms with Crippen LogP contribution in [-0.4, -0.2) is 62.0 Å². The Morgan fingerprint density at radius 3 is 2.64 bits per heavy atom. The largest absolute Gasteiger partial charge is 0.504 e. The first kappa shape index (κ1) is 19.7. The lowest BCUT2D eigenvalue weighted by Crippen LogP contribution is -2.47. The average Bonchev–Trinajstić information content (AvgIpc) is 2.74. The molecule has 0 spiro atoms. The van der Waals surface area contributed by atoms with E-state index in [1.54, 1.807) is 12.1 Å². The van der Waals surface area contributed by atoms with Crippen molar-refractivity contribution >= 4 is 17.8 Å². The molecule has 1 heterocycles. The number of nitrogens with zero attached hydrogens (tertiary/aromatic N) is 3. The number of phenolic OH excluding ortho intramolecular Hbond substituents is 1. The highest BCUT2D eigenvalue weighted by Gasteiger charge is 2.17. The molecule has 0 aromatic heterocycles. The Balaban J connectivity index is 1.38. The number of phenols is 1. The maximum absolute atomic E-state index is 12.0. The topological polar surface area (TPSA) is 77.4 Å². The van der Waals surface area contributed by atoms with Crippen molar-refractivity contribution in [1.82, 2.24) is 10.3 Å². The van der Waals surface area contributed by atoms with E-state index in [9.17, 15) is 9.90 Å². The molecule has 148 valence electrons. The smallest absolute Gasteiger partial charge is 0.241 e. The first-order chi connectivity index (χ1) is 13.7. The summed E-state index contributed by atoms with van der Waals surface area (Å²) in [5.41, 5.74) is 4.53. The van der Waals surface area contributed by atoms with Gasteiger partial charge in [-0.25, -0.2) is 5.43 Å². The number of carbonyl (C=O) groups is 1. The zero-order chi connectivity index (χ0) is 19.8. The van der Waals surface area contributed by atoms with Crippen molar-refractivity contribution in [1.29, 1.82) is 0 Å². The van der Waals surface area contributed by atoms with Crippen LogP contribution in [0.15, 0.2) is 53.6 Å². The molecular formula is C21H26N4O3. The van der Waals surface area contributed by atoms with Crippen molar-refractivity contribution in [3.63, 3.8) is 0 Å². The number of rotatable bonds is 7. The fourth-order valence-electron chi connectivity index (χ4n) is 3.14. The summed E-state index contributed by atoms with van der Waals surface area (Å²) in [6.45, 7) is 4.54. The summed E-state index contributed by atoms with van der Waals surface area (Å²) in [5, 5.41) is 13.6. The van der Waals surface area contributed by atoms with Crippen LogP contribution in [0.25, 0.3) is 0 Å². The van der Waals surface area contributed by atoms with Crippen molar-refractivity contribution < 1.29 is 14.6 Å². The first-order valence-electron chi connectivity index (χ1n) is 9.37. The Morgan fingerprint density at radius 1 is 1.18 bits per heavy atom. The molecule has 1 aliphatic heterocycles. The van der Waals surface area contributed by atoms with E-state index in [-0.39, 0.29) is 11.7 Å². The number of nitrogens with one attached hydrogen (secondary N) is 1. The van der Waals surface area contributed by atoms with E-state index in [1.165, 1.54) is 25.1 Å². The van der Waals surface area contributed by atoms with Crippen molar-refractivity contribution in [3.05, 3.63) is 54.1 Å². The predicted octanol–water partition coefficient (Wildman–Crippen LogP) is 2.06. The van der Waals surface area contributed by atoms with Crippen LogP contribution in [0.3, 0.4) is 0 Å². The number of ether oxygens (including phenoxy) is 1. The molecule has 3 rings (SSSR count). The molecule has 0 atom stereocenters. The van der Waals surface area contributed by atoms with Crippen LogP contribution in [0.2, 0.25) is 0 Å². The maximum Gasteiger partial charge on any atom is 0.241 e. The van der Waals surface area contributed by atoms with E-state index >= 15 is 0 Å². The summed E-state index contributed by atoms with van der Waals surface area (Å²) in [4.78, 5) is 16.7. The lowest BCUT2D eigenvalue weighted by Gasteiger charge is -2.36. The lowest BCUT2D eigenvalue weighted by molar-refractivity contribution is -0.121. The van der Waals surface area contributed by atoms with Gasteiger partial charge in [0.1, 0.15) is 0 Å². The zero-order valence-electron chi connectivity index (χ0n) is 16.0. The fourth-order valence-corrected chi connectivity index (χ4v) is 3.14. The van der Waals surface area contributed by atoms with Gasteiger partial charge in [0.05, 0.1) is 13.3 Å². The average molecular weight is 382 g/mol. The minimum absolute atomic E-state index is 0.0658. The first-order valence-corrected chi connectivity index (χ1v) is 9.37. The second kappa shape index (κ2) is 9.75. The molecule has 2 aromatic rings. The van der Waals surface area contributed by atoms with Gasteiger partial charge >= 0.3 is 0 Å². The number of amides is 1. The third-order valence-corrected chi connectivity index (χ3v) is 4.76. The fraction of sp³-hybridized carbons (Fsp3) is 0.333. The van der Waals surface area contributed by atoms with Crippen LogP contribution in [0, 0.1) is 0 Å². The third kappa shape index (κ3) is 5.47. The van der Waals surface area contributed by atoms with Crippen LogP contribution < -0.4 is 15.1 Å². The molecule has 1 aliphatic rings. The van der Waals surface area contributed by atoms with Gasteiger partial charge in [0.15, 0.2) is 11.5 Å². The van der Waals surface area contributed by atoms with Gasteiger partial charge in [-0.1, -0.05) is 18.2 Å². The molecule has 28 heavy (non-hydrogen) atoms. The molecule has 0 saturated carbocycles. The number of benzene rings is 2. The number of piperazine rings is 1. The number of carbonyl (C=O) groups excluding carboxylic acids is 1. The van der Waals surface area contributed by atoms with Crippen molar-refractivity contribution in [2.75, 3.05) is 44.7 Å². The maximum atomic E-state index is 12.0. The molecule has 7 nitrogen and oxygen atoms in total. The molecule has 1 fully saturated rings. The standard InChI is InChI=1S/C21H26N4O3/c1-28-20-15-17(7-8-19(20)26)16-22-23-21(27)9-10-24-11-13-25(14-12-24)18-5-3-2-4-6-18/h2-8,15-16,26H,9-14H2,1H3,(H,23,27)/b22-16+. The third-order valence-electron chi connectivity index (χ3n) is 4.76. The number of anilines is 1. The Kier molecular flexibility index (Phi) is 6.86. The zero-order valence-corrected chi connectivity index (χ0v) is 16.0. The van der Waals surface area contributed by atoms with Gasteiger partial charge in [0.2, 0.25) is 5.91 Å². The van der Waals surface area contributed by atoms with Crippen LogP contribution >= 0.6 is 0 Å². The minimum Gasteiger partial charge on any atom is -0.504 e. The van der Waals surface area contributed by atoms with Crippen LogP contribution in [-0.2, 0) is 4.79 Å². The monoisotopic (exact) mass is 382 g/mol. The second-order valence-electron chi connectivity index (χ2n) is 6.64. The quantitative estimate of drug-likeness (QED) is 0.566. The molecular weight excluding hydrogens is 356 g/mol. The number of hydrazone groups is 1. The number of hydrogen-bond donors (Lipinski definition) is 2. The van der Waals surface area contributed by atoms with Gasteiger partial charge in [-0.05, 0) is 35.9 Å². The van der Waals surface area contributed by atoms with E-state index in [2.05, 4.69) is 44.6 Å². The Labute approximate surface area is 165 Å². The van der Waals surface area contributed by atoms with Gasteiger partial charge in [0, 0.05) is 44.8 Å². The predicted molar refractivity (Wildman–Crippen MR) is 110 cm³/mol. The summed E-state index contributed by atoms with van der Waals surface area (Å²) in [7, 11) is 1.48. The van der Waals surface area contributed by atoms with E-state index in [4.69, 9.17) is 4.74 Å². The lowest BCUT2D eigenvalue weighted by atomic mass is 10.2. The summed E-state index contributed by atoms with van der Waals surface area (Å²) >= 11 is 0. The van der Waals surface area contributed by atoms with Crippen molar-refractivity contribution in [2.45, 2.75) is 6.42 Å². The van der Waals surface area contributed by atoms with Crippen molar-refractivity contribution in [3.8, 4) is 11.5 Å². The molecule has 2 N–H and O–H groups in total. The highest BCUT2D eigenvalue weighted by Crippen LogP contribution is 2.25. The van der Waals surface area contributed by atoms with E-state index < -0.39 is 0 Å². The van der Waals surface area contributed by atoms with Gasteiger partial charge in [-0.2, -0.15) is 5.10 Å². The second-order valence-corrected chi connectivity index (χ2v) is 6.64. The highest BCUT2D eigenvalue weighted by molar-refractivity contribution is 5.83. The van der Waals surface area contributed by atoms with E-state index in [1.807, 2.05) is 6.07 Å². The van der Waals surface area contributed by atoms with Crippen LogP contribution in [0.1, 0.15) is 12.0 Å². The Hall–Kier alpha value is -3.06. The molecule has 1 amide bonds. The normalized spacial score (nSPS) is 15.0. The highest BCUT2D eigenvalue weighted by atomic mass is 16.5. The molecule has 1 saturated heterocycles. The van der Waals surface area contributed by atoms with Gasteiger partial charge in [-0.15, -0.1) is 0 Å². The molecule has 0 unspecified atom stereocenters. The number of methoxy groups -OCH3 is 1. The SMILES string of the molecule is COc1cc(/C=N/NC(=O)CCN2CCN(c3ccccc3)CC2)ccc1O. The molecule has 7 heteroatoms. The summed E-state index contributed by atoms with van der Waals surface area (Å²) < 4.78 is 5.05. The molecule has 2 aromatic carbocycles. The van der Waals surface area contributed by atoms with Gasteiger partial charge < -0.3 is 14.7 Å². The summed E-state index contributed by atoms with van der Waals surface area (Å²) in [5.74, 6) is 0.313. The van der Waals surface area contributed by atoms with Crippen LogP contribution in [0.4, 0.5) is 5.69 Å². The number of para-hydroxylation sites is 1. The molecule has 0 radical (unpaired) electrons.